The molecule has 1 fully saturated rings. The smallest absolute Gasteiger partial charge is 0.301 e. The summed E-state index contributed by atoms with van der Waals surface area (Å²) in [5.41, 5.74) is 3.43. The second-order valence-corrected chi connectivity index (χ2v) is 5.46. The van der Waals surface area contributed by atoms with Crippen LogP contribution in [0.25, 0.3) is 0 Å². The highest BCUT2D eigenvalue weighted by atomic mass is 16.4. The first-order valence-corrected chi connectivity index (χ1v) is 7.04. The minimum absolute atomic E-state index is 0.0775. The normalized spacial score (nSPS) is 20.8. The van der Waals surface area contributed by atoms with Gasteiger partial charge in [0.2, 0.25) is 0 Å². The Morgan fingerprint density at radius 2 is 2.00 bits per heavy atom. The molecular formula is C14H19N3O3. The van der Waals surface area contributed by atoms with E-state index in [-0.39, 0.29) is 17.5 Å². The summed E-state index contributed by atoms with van der Waals surface area (Å²) in [4.78, 5) is 26.1. The number of aryl methyl sites for hydroxylation is 1. The standard InChI is InChI=1S/C14H19N3O3/c1-16-5-7-17(8-6-16)15-14(19)13-9-10-11(18)3-2-4-12(10)20-13/h9H,2-8H2,1H3,(H,15,19). The zero-order valence-electron chi connectivity index (χ0n) is 11.6. The van der Waals surface area contributed by atoms with Gasteiger partial charge in [-0.15, -0.1) is 0 Å². The lowest BCUT2D eigenvalue weighted by atomic mass is 9.97. The second-order valence-electron chi connectivity index (χ2n) is 5.46. The van der Waals surface area contributed by atoms with E-state index in [0.717, 1.165) is 39.0 Å². The monoisotopic (exact) mass is 277 g/mol. The Balaban J connectivity index is 1.67. The van der Waals surface area contributed by atoms with Crippen molar-refractivity contribution in [2.75, 3.05) is 33.2 Å². The molecule has 6 heteroatoms. The number of ketones is 1. The molecule has 3 rings (SSSR count). The van der Waals surface area contributed by atoms with Gasteiger partial charge in [0, 0.05) is 45.1 Å². The lowest BCUT2D eigenvalue weighted by Gasteiger charge is -2.32. The van der Waals surface area contributed by atoms with Crippen LogP contribution in [0, 0.1) is 0 Å². The van der Waals surface area contributed by atoms with E-state index in [1.54, 1.807) is 6.07 Å². The van der Waals surface area contributed by atoms with Crippen LogP contribution in [-0.2, 0) is 6.42 Å². The fourth-order valence-electron chi connectivity index (χ4n) is 2.62. The molecule has 0 saturated carbocycles. The Morgan fingerprint density at radius 1 is 1.25 bits per heavy atom. The highest BCUT2D eigenvalue weighted by Gasteiger charge is 2.25. The van der Waals surface area contributed by atoms with E-state index < -0.39 is 0 Å². The third-order valence-corrected chi connectivity index (χ3v) is 3.90. The summed E-state index contributed by atoms with van der Waals surface area (Å²) >= 11 is 0. The maximum atomic E-state index is 12.1. The molecule has 0 atom stereocenters. The molecule has 0 spiro atoms. The molecule has 1 aliphatic heterocycles. The van der Waals surface area contributed by atoms with E-state index in [2.05, 4.69) is 17.4 Å². The first-order chi connectivity index (χ1) is 9.63. The van der Waals surface area contributed by atoms with E-state index in [1.165, 1.54) is 0 Å². The number of nitrogens with zero attached hydrogens (tertiary/aromatic N) is 2. The van der Waals surface area contributed by atoms with Crippen molar-refractivity contribution in [2.24, 2.45) is 0 Å². The first-order valence-electron chi connectivity index (χ1n) is 7.04. The molecule has 0 radical (unpaired) electrons. The lowest BCUT2D eigenvalue weighted by molar-refractivity contribution is 0.0635. The maximum absolute atomic E-state index is 12.1. The van der Waals surface area contributed by atoms with Gasteiger partial charge in [-0.1, -0.05) is 0 Å². The molecule has 1 aromatic rings. The van der Waals surface area contributed by atoms with E-state index in [4.69, 9.17) is 4.42 Å². The number of carbonyl (C=O) groups excluding carboxylic acids is 2. The number of Topliss-reactive ketones (excluding diaryl/α,β-unsaturated/α-hetero) is 1. The van der Waals surface area contributed by atoms with Crippen LogP contribution in [0.1, 0.15) is 39.5 Å². The predicted molar refractivity (Wildman–Crippen MR) is 72.5 cm³/mol. The molecule has 1 saturated heterocycles. The van der Waals surface area contributed by atoms with Crippen LogP contribution < -0.4 is 5.43 Å². The molecule has 108 valence electrons. The molecular weight excluding hydrogens is 258 g/mol. The van der Waals surface area contributed by atoms with Crippen molar-refractivity contribution in [3.8, 4) is 0 Å². The summed E-state index contributed by atoms with van der Waals surface area (Å²) in [6.45, 7) is 3.43. The summed E-state index contributed by atoms with van der Waals surface area (Å²) in [5.74, 6) is 0.708. The van der Waals surface area contributed by atoms with E-state index >= 15 is 0 Å². The van der Waals surface area contributed by atoms with Crippen LogP contribution in [0.4, 0.5) is 0 Å². The minimum Gasteiger partial charge on any atom is -0.455 e. The third-order valence-electron chi connectivity index (χ3n) is 3.90. The first kappa shape index (κ1) is 13.3. The van der Waals surface area contributed by atoms with Gasteiger partial charge in [0.15, 0.2) is 11.5 Å². The minimum atomic E-state index is -0.267. The van der Waals surface area contributed by atoms with Gasteiger partial charge in [-0.2, -0.15) is 0 Å². The number of hydrogen-bond donors (Lipinski definition) is 1. The number of nitrogens with one attached hydrogen (secondary N) is 1. The number of furan rings is 1. The molecule has 6 nitrogen and oxygen atoms in total. The Labute approximate surface area is 117 Å². The van der Waals surface area contributed by atoms with Crippen molar-refractivity contribution in [3.05, 3.63) is 23.2 Å². The van der Waals surface area contributed by atoms with Crippen LogP contribution in [0.3, 0.4) is 0 Å². The largest absolute Gasteiger partial charge is 0.455 e. The van der Waals surface area contributed by atoms with Gasteiger partial charge < -0.3 is 9.32 Å². The Kier molecular flexibility index (Phi) is 3.58. The molecule has 1 N–H and O–H groups in total. The Morgan fingerprint density at radius 3 is 2.70 bits per heavy atom. The van der Waals surface area contributed by atoms with E-state index in [0.29, 0.717) is 17.7 Å². The molecule has 0 bridgehead atoms. The van der Waals surface area contributed by atoms with Crippen molar-refractivity contribution < 1.29 is 14.0 Å². The van der Waals surface area contributed by atoms with E-state index in [9.17, 15) is 9.59 Å². The van der Waals surface area contributed by atoms with E-state index in [1.807, 2.05) is 5.01 Å². The number of hydrazine groups is 1. The fourth-order valence-corrected chi connectivity index (χ4v) is 2.62. The van der Waals surface area contributed by atoms with Crippen molar-refractivity contribution in [1.29, 1.82) is 0 Å². The summed E-state index contributed by atoms with van der Waals surface area (Å²) in [6, 6.07) is 1.59. The Bertz CT molecular complexity index is 530. The maximum Gasteiger partial charge on any atom is 0.301 e. The molecule has 2 aliphatic rings. The van der Waals surface area contributed by atoms with Crippen LogP contribution >= 0.6 is 0 Å². The molecule has 1 aromatic heterocycles. The molecule has 0 aromatic carbocycles. The highest BCUT2D eigenvalue weighted by molar-refractivity contribution is 6.01. The Hall–Kier alpha value is -1.66. The van der Waals surface area contributed by atoms with Gasteiger partial charge >= 0.3 is 5.91 Å². The van der Waals surface area contributed by atoms with Gasteiger partial charge in [0.25, 0.3) is 0 Å². The quantitative estimate of drug-likeness (QED) is 0.861. The number of rotatable bonds is 2. The summed E-state index contributed by atoms with van der Waals surface area (Å²) < 4.78 is 5.53. The van der Waals surface area contributed by atoms with Crippen LogP contribution in [-0.4, -0.2) is 54.8 Å². The highest BCUT2D eigenvalue weighted by Crippen LogP contribution is 2.24. The SMILES string of the molecule is CN1CCN(NC(=O)c2cc3c(o2)CCCC3=O)CC1. The topological polar surface area (TPSA) is 65.8 Å². The van der Waals surface area contributed by atoms with Crippen molar-refractivity contribution in [2.45, 2.75) is 19.3 Å². The number of hydrogen-bond acceptors (Lipinski definition) is 5. The molecule has 1 aliphatic carbocycles. The summed E-state index contributed by atoms with van der Waals surface area (Å²) in [5, 5.41) is 1.89. The van der Waals surface area contributed by atoms with Gasteiger partial charge in [0.05, 0.1) is 5.56 Å². The van der Waals surface area contributed by atoms with Crippen LogP contribution in [0.5, 0.6) is 0 Å². The summed E-state index contributed by atoms with van der Waals surface area (Å²) in [6.07, 6.45) is 2.09. The zero-order chi connectivity index (χ0) is 14.1. The molecule has 0 unspecified atom stereocenters. The third kappa shape index (κ3) is 2.62. The fraction of sp³-hybridized carbons (Fsp3) is 0.571. The van der Waals surface area contributed by atoms with Gasteiger partial charge in [-0.25, -0.2) is 5.01 Å². The number of fused-ring (bicyclic) bond motifs is 1. The predicted octanol–water partition coefficient (Wildman–Crippen LogP) is 0.691. The average Bonchev–Trinajstić information content (AvgIpc) is 2.87. The molecule has 20 heavy (non-hydrogen) atoms. The van der Waals surface area contributed by atoms with Crippen LogP contribution in [0.2, 0.25) is 0 Å². The van der Waals surface area contributed by atoms with Crippen molar-refractivity contribution in [1.82, 2.24) is 15.3 Å². The average molecular weight is 277 g/mol. The number of amides is 1. The number of likely N-dealkylation sites (N-methyl/N-ethyl adjacent to an activating group) is 1. The number of piperazine rings is 1. The van der Waals surface area contributed by atoms with Gasteiger partial charge in [0.1, 0.15) is 5.76 Å². The lowest BCUT2D eigenvalue weighted by Crippen LogP contribution is -2.52. The van der Waals surface area contributed by atoms with Gasteiger partial charge in [-0.05, 0) is 13.5 Å². The second kappa shape index (κ2) is 5.38. The van der Waals surface area contributed by atoms with Crippen molar-refractivity contribution in [3.63, 3.8) is 0 Å². The summed E-state index contributed by atoms with van der Waals surface area (Å²) in [7, 11) is 2.06. The number of carbonyl (C=O) groups is 2. The van der Waals surface area contributed by atoms with Crippen LogP contribution in [0.15, 0.2) is 10.5 Å². The zero-order valence-corrected chi connectivity index (χ0v) is 11.6. The van der Waals surface area contributed by atoms with Crippen molar-refractivity contribution >= 4 is 11.7 Å². The molecule has 2 heterocycles. The molecule has 1 amide bonds. The van der Waals surface area contributed by atoms with Gasteiger partial charge in [-0.3, -0.25) is 15.0 Å².